The van der Waals surface area contributed by atoms with Crippen molar-refractivity contribution in [2.75, 3.05) is 16.8 Å². The minimum absolute atomic E-state index is 0.0278. The van der Waals surface area contributed by atoms with Gasteiger partial charge in [-0.05, 0) is 64.7 Å². The topological polar surface area (TPSA) is 49.4 Å². The predicted molar refractivity (Wildman–Crippen MR) is 109 cm³/mol. The summed E-state index contributed by atoms with van der Waals surface area (Å²) in [5.74, 6) is -0.567. The number of benzene rings is 2. The summed E-state index contributed by atoms with van der Waals surface area (Å²) in [6, 6.07) is 11.5. The Balaban J connectivity index is 1.71. The van der Waals surface area contributed by atoms with E-state index in [0.29, 0.717) is 17.3 Å². The van der Waals surface area contributed by atoms with Crippen molar-refractivity contribution in [2.24, 2.45) is 5.92 Å². The summed E-state index contributed by atoms with van der Waals surface area (Å²) in [5.41, 5.74) is 3.52. The van der Waals surface area contributed by atoms with Crippen molar-refractivity contribution in [3.05, 3.63) is 57.0 Å². The van der Waals surface area contributed by atoms with Gasteiger partial charge in [-0.3, -0.25) is 9.59 Å². The van der Waals surface area contributed by atoms with Gasteiger partial charge >= 0.3 is 0 Å². The first-order chi connectivity index (χ1) is 12.4. The summed E-state index contributed by atoms with van der Waals surface area (Å²) < 4.78 is 0.785. The maximum atomic E-state index is 12.6. The first-order valence-electron chi connectivity index (χ1n) is 8.55. The fourth-order valence-corrected chi connectivity index (χ4v) is 3.66. The molecule has 1 saturated heterocycles. The molecule has 1 fully saturated rings. The molecule has 0 radical (unpaired) electrons. The van der Waals surface area contributed by atoms with Crippen molar-refractivity contribution in [2.45, 2.75) is 26.7 Å². The number of amides is 2. The van der Waals surface area contributed by atoms with E-state index in [1.54, 1.807) is 17.0 Å². The number of carbonyl (C=O) groups excluding carboxylic acids is 2. The number of nitrogens with zero attached hydrogens (tertiary/aromatic N) is 1. The molecule has 1 aliphatic rings. The highest BCUT2D eigenvalue weighted by Gasteiger charge is 2.35. The van der Waals surface area contributed by atoms with Crippen molar-refractivity contribution in [3.63, 3.8) is 0 Å². The molecule has 2 aromatic carbocycles. The summed E-state index contributed by atoms with van der Waals surface area (Å²) in [6.07, 6.45) is 1.17. The molecule has 6 heteroatoms. The van der Waals surface area contributed by atoms with E-state index in [4.69, 9.17) is 11.6 Å². The van der Waals surface area contributed by atoms with Crippen LogP contribution in [0.5, 0.6) is 0 Å². The standard InChI is InChI=1S/C20H20BrClN2O2/c1-3-13-4-6-15(7-5-13)24-11-14(10-18(24)25)20(26)23-17-9-8-16(21)19(22)12(17)2/h4-9,14H,3,10-11H2,1-2H3,(H,23,26)/t14-/m1/s1. The smallest absolute Gasteiger partial charge is 0.229 e. The lowest BCUT2D eigenvalue weighted by Crippen LogP contribution is -2.28. The molecule has 1 N–H and O–H groups in total. The van der Waals surface area contributed by atoms with Crippen molar-refractivity contribution in [3.8, 4) is 0 Å². The second-order valence-electron chi connectivity index (χ2n) is 6.45. The third-order valence-corrected chi connectivity index (χ3v) is 6.13. The van der Waals surface area contributed by atoms with Gasteiger partial charge in [-0.1, -0.05) is 30.7 Å². The zero-order valence-electron chi connectivity index (χ0n) is 14.7. The summed E-state index contributed by atoms with van der Waals surface area (Å²) in [5, 5.41) is 3.48. The van der Waals surface area contributed by atoms with E-state index in [0.717, 1.165) is 22.1 Å². The maximum Gasteiger partial charge on any atom is 0.229 e. The van der Waals surface area contributed by atoms with Crippen LogP contribution in [0.25, 0.3) is 0 Å². The lowest BCUT2D eigenvalue weighted by Gasteiger charge is -2.17. The van der Waals surface area contributed by atoms with E-state index in [9.17, 15) is 9.59 Å². The molecule has 0 aliphatic carbocycles. The van der Waals surface area contributed by atoms with E-state index >= 15 is 0 Å². The molecule has 26 heavy (non-hydrogen) atoms. The molecule has 2 amide bonds. The Hall–Kier alpha value is -1.85. The Bertz CT molecular complexity index is 852. The number of halogens is 2. The molecule has 0 aromatic heterocycles. The summed E-state index contributed by atoms with van der Waals surface area (Å²) in [7, 11) is 0. The molecule has 1 heterocycles. The van der Waals surface area contributed by atoms with Crippen LogP contribution >= 0.6 is 27.5 Å². The van der Waals surface area contributed by atoms with Crippen molar-refractivity contribution >= 4 is 50.7 Å². The van der Waals surface area contributed by atoms with Crippen LogP contribution in [-0.4, -0.2) is 18.4 Å². The first kappa shape index (κ1) is 18.9. The molecule has 1 atom stereocenters. The number of nitrogens with one attached hydrogen (secondary N) is 1. The zero-order valence-corrected chi connectivity index (χ0v) is 17.0. The van der Waals surface area contributed by atoms with Gasteiger partial charge in [0.25, 0.3) is 0 Å². The molecule has 0 bridgehead atoms. The number of hydrogen-bond acceptors (Lipinski definition) is 2. The molecule has 0 spiro atoms. The Morgan fingerprint density at radius 1 is 1.27 bits per heavy atom. The quantitative estimate of drug-likeness (QED) is 0.737. The normalized spacial score (nSPS) is 16.8. The molecule has 1 aliphatic heterocycles. The lowest BCUT2D eigenvalue weighted by molar-refractivity contribution is -0.122. The van der Waals surface area contributed by atoms with Gasteiger partial charge in [0.1, 0.15) is 0 Å². The fraction of sp³-hybridized carbons (Fsp3) is 0.300. The van der Waals surface area contributed by atoms with Crippen molar-refractivity contribution < 1.29 is 9.59 Å². The van der Waals surface area contributed by atoms with Crippen LogP contribution in [0.3, 0.4) is 0 Å². The van der Waals surface area contributed by atoms with Crippen LogP contribution in [0.15, 0.2) is 40.9 Å². The first-order valence-corrected chi connectivity index (χ1v) is 9.72. The summed E-state index contributed by atoms with van der Waals surface area (Å²) in [4.78, 5) is 26.7. The molecule has 136 valence electrons. The van der Waals surface area contributed by atoms with Gasteiger partial charge in [0.15, 0.2) is 0 Å². The van der Waals surface area contributed by atoms with Gasteiger partial charge in [0.05, 0.1) is 10.9 Å². The molecule has 0 unspecified atom stereocenters. The largest absolute Gasteiger partial charge is 0.325 e. The van der Waals surface area contributed by atoms with Crippen LogP contribution in [-0.2, 0) is 16.0 Å². The highest BCUT2D eigenvalue weighted by Crippen LogP contribution is 2.32. The van der Waals surface area contributed by atoms with Crippen LogP contribution in [0.2, 0.25) is 5.02 Å². The number of aryl methyl sites for hydroxylation is 1. The Labute approximate surface area is 166 Å². The minimum Gasteiger partial charge on any atom is -0.325 e. The molecule has 4 nitrogen and oxygen atoms in total. The van der Waals surface area contributed by atoms with E-state index in [1.165, 1.54) is 5.56 Å². The number of rotatable bonds is 4. The molecular formula is C20H20BrClN2O2. The summed E-state index contributed by atoms with van der Waals surface area (Å²) >= 11 is 9.58. The second-order valence-corrected chi connectivity index (χ2v) is 7.68. The SMILES string of the molecule is CCc1ccc(N2C[C@H](C(=O)Nc3ccc(Br)c(Cl)c3C)CC2=O)cc1. The minimum atomic E-state index is -0.379. The Morgan fingerprint density at radius 2 is 1.96 bits per heavy atom. The van der Waals surface area contributed by atoms with Crippen molar-refractivity contribution in [1.29, 1.82) is 0 Å². The van der Waals surface area contributed by atoms with Crippen LogP contribution in [0.1, 0.15) is 24.5 Å². The Kier molecular flexibility index (Phi) is 5.68. The maximum absolute atomic E-state index is 12.6. The lowest BCUT2D eigenvalue weighted by atomic mass is 10.1. The van der Waals surface area contributed by atoms with Gasteiger partial charge in [-0.2, -0.15) is 0 Å². The Morgan fingerprint density at radius 3 is 2.62 bits per heavy atom. The highest BCUT2D eigenvalue weighted by atomic mass is 79.9. The van der Waals surface area contributed by atoms with E-state index in [1.807, 2.05) is 31.2 Å². The van der Waals surface area contributed by atoms with Crippen molar-refractivity contribution in [1.82, 2.24) is 0 Å². The highest BCUT2D eigenvalue weighted by molar-refractivity contribution is 9.10. The van der Waals surface area contributed by atoms with Crippen LogP contribution < -0.4 is 10.2 Å². The van der Waals surface area contributed by atoms with E-state index in [-0.39, 0.29) is 24.2 Å². The number of carbonyl (C=O) groups is 2. The van der Waals surface area contributed by atoms with Gasteiger partial charge < -0.3 is 10.2 Å². The third kappa shape index (κ3) is 3.79. The summed E-state index contributed by atoms with van der Waals surface area (Å²) in [6.45, 7) is 4.33. The monoisotopic (exact) mass is 434 g/mol. The van der Waals surface area contributed by atoms with Crippen LogP contribution in [0.4, 0.5) is 11.4 Å². The fourth-order valence-electron chi connectivity index (χ4n) is 3.07. The molecular weight excluding hydrogens is 416 g/mol. The number of hydrogen-bond donors (Lipinski definition) is 1. The van der Waals surface area contributed by atoms with E-state index < -0.39 is 0 Å². The van der Waals surface area contributed by atoms with Gasteiger partial charge in [0.2, 0.25) is 11.8 Å². The van der Waals surface area contributed by atoms with Gasteiger partial charge in [0, 0.05) is 28.8 Å². The molecule has 2 aromatic rings. The third-order valence-electron chi connectivity index (χ3n) is 4.75. The molecule has 3 rings (SSSR count). The van der Waals surface area contributed by atoms with E-state index in [2.05, 4.69) is 28.2 Å². The zero-order chi connectivity index (χ0) is 18.8. The average molecular weight is 436 g/mol. The predicted octanol–water partition coefficient (Wildman–Crippen LogP) is 4.96. The van der Waals surface area contributed by atoms with Gasteiger partial charge in [-0.15, -0.1) is 0 Å². The van der Waals surface area contributed by atoms with Crippen LogP contribution in [0, 0.1) is 12.8 Å². The average Bonchev–Trinajstić information content (AvgIpc) is 3.04. The number of anilines is 2. The van der Waals surface area contributed by atoms with Gasteiger partial charge in [-0.25, -0.2) is 0 Å². The molecule has 0 saturated carbocycles. The second kappa shape index (κ2) is 7.80.